The zero-order chi connectivity index (χ0) is 25.0. The summed E-state index contributed by atoms with van der Waals surface area (Å²) in [4.78, 5) is 45.3. The van der Waals surface area contributed by atoms with Gasteiger partial charge in [0, 0.05) is 43.5 Å². The van der Waals surface area contributed by atoms with Gasteiger partial charge in [-0.3, -0.25) is 14.9 Å². The quantitative estimate of drug-likeness (QED) is 0.256. The Morgan fingerprint density at radius 3 is 2.66 bits per heavy atom. The van der Waals surface area contributed by atoms with Crippen LogP contribution in [0.15, 0.2) is 35.7 Å². The van der Waals surface area contributed by atoms with Crippen LogP contribution >= 0.6 is 0 Å². The lowest BCUT2D eigenvalue weighted by molar-refractivity contribution is -0.122. The van der Waals surface area contributed by atoms with Crippen LogP contribution in [0.1, 0.15) is 55.9 Å². The number of allylic oxidation sites excluding steroid dienone is 2. The summed E-state index contributed by atoms with van der Waals surface area (Å²) in [5.74, 6) is 2.37. The number of urea groups is 1. The van der Waals surface area contributed by atoms with Crippen LogP contribution in [0.25, 0.3) is 0 Å². The molecule has 1 unspecified atom stereocenters. The van der Waals surface area contributed by atoms with Gasteiger partial charge < -0.3 is 21.3 Å². The fourth-order valence-corrected chi connectivity index (χ4v) is 4.16. The number of nitrogens with one attached hydrogen (secondary N) is 5. The first-order chi connectivity index (χ1) is 17.0. The van der Waals surface area contributed by atoms with E-state index in [0.717, 1.165) is 37.0 Å². The SMILES string of the molecule is C#CC1=C(/C=C\C)CC(NC(=O)c2nccnc2NC(=O)NCCCCNC(=O)[C@@H]2CCCN2)C1. The van der Waals surface area contributed by atoms with Crippen LogP contribution in [-0.2, 0) is 4.79 Å². The van der Waals surface area contributed by atoms with E-state index in [2.05, 4.69) is 42.5 Å². The van der Waals surface area contributed by atoms with Gasteiger partial charge in [0.25, 0.3) is 5.91 Å². The van der Waals surface area contributed by atoms with Crippen LogP contribution in [0.3, 0.4) is 0 Å². The Kier molecular flexibility index (Phi) is 9.80. The number of anilines is 1. The molecule has 3 rings (SSSR count). The average molecular weight is 480 g/mol. The molecule has 1 aromatic heterocycles. The van der Waals surface area contributed by atoms with Crippen molar-refractivity contribution in [1.29, 1.82) is 0 Å². The van der Waals surface area contributed by atoms with E-state index in [-0.39, 0.29) is 29.5 Å². The van der Waals surface area contributed by atoms with E-state index in [4.69, 9.17) is 6.42 Å². The number of rotatable bonds is 10. The lowest BCUT2D eigenvalue weighted by Crippen LogP contribution is -2.40. The van der Waals surface area contributed by atoms with Crippen molar-refractivity contribution in [2.24, 2.45) is 0 Å². The lowest BCUT2D eigenvalue weighted by atomic mass is 10.1. The minimum absolute atomic E-state index is 0.0311. The number of terminal acetylenes is 1. The summed E-state index contributed by atoms with van der Waals surface area (Å²) < 4.78 is 0. The van der Waals surface area contributed by atoms with Crippen LogP contribution in [0.4, 0.5) is 10.6 Å². The molecule has 2 atom stereocenters. The molecule has 0 spiro atoms. The summed E-state index contributed by atoms with van der Waals surface area (Å²) in [6.45, 7) is 3.78. The van der Waals surface area contributed by atoms with E-state index < -0.39 is 11.9 Å². The van der Waals surface area contributed by atoms with Crippen molar-refractivity contribution >= 4 is 23.7 Å². The minimum atomic E-state index is -0.480. The first-order valence-electron chi connectivity index (χ1n) is 12.0. The summed E-state index contributed by atoms with van der Waals surface area (Å²) in [7, 11) is 0. The second kappa shape index (κ2) is 13.2. The smallest absolute Gasteiger partial charge is 0.320 e. The lowest BCUT2D eigenvalue weighted by Gasteiger charge is -2.14. The number of carbonyl (C=O) groups is 3. The number of amides is 4. The van der Waals surface area contributed by atoms with Gasteiger partial charge >= 0.3 is 6.03 Å². The summed E-state index contributed by atoms with van der Waals surface area (Å²) in [5.41, 5.74) is 1.94. The van der Waals surface area contributed by atoms with Gasteiger partial charge in [-0.25, -0.2) is 14.8 Å². The van der Waals surface area contributed by atoms with Gasteiger partial charge in [0.1, 0.15) is 0 Å². The van der Waals surface area contributed by atoms with Crippen molar-refractivity contribution in [3.63, 3.8) is 0 Å². The summed E-state index contributed by atoms with van der Waals surface area (Å²) >= 11 is 0. The maximum Gasteiger partial charge on any atom is 0.320 e. The summed E-state index contributed by atoms with van der Waals surface area (Å²) in [6.07, 6.45) is 16.8. The average Bonchev–Trinajstić information content (AvgIpc) is 3.52. The topological polar surface area (TPSA) is 137 Å². The molecule has 4 amide bonds. The van der Waals surface area contributed by atoms with E-state index in [9.17, 15) is 14.4 Å². The molecule has 186 valence electrons. The number of hydrogen-bond donors (Lipinski definition) is 5. The Morgan fingerprint density at radius 1 is 1.17 bits per heavy atom. The fraction of sp³-hybridized carbons (Fsp3) is 0.480. The molecular weight excluding hydrogens is 446 g/mol. The van der Waals surface area contributed by atoms with Crippen molar-refractivity contribution in [2.75, 3.05) is 25.0 Å². The van der Waals surface area contributed by atoms with E-state index >= 15 is 0 Å². The largest absolute Gasteiger partial charge is 0.355 e. The molecule has 10 nitrogen and oxygen atoms in total. The number of aromatic nitrogens is 2. The molecule has 10 heteroatoms. The van der Waals surface area contributed by atoms with Gasteiger partial charge in [0.05, 0.1) is 6.04 Å². The highest BCUT2D eigenvalue weighted by molar-refractivity contribution is 6.00. The van der Waals surface area contributed by atoms with Gasteiger partial charge in [-0.1, -0.05) is 18.1 Å². The highest BCUT2D eigenvalue weighted by Crippen LogP contribution is 2.27. The van der Waals surface area contributed by atoms with E-state index in [1.165, 1.54) is 12.4 Å². The molecule has 1 fully saturated rings. The van der Waals surface area contributed by atoms with Crippen LogP contribution in [0, 0.1) is 12.3 Å². The predicted molar refractivity (Wildman–Crippen MR) is 133 cm³/mol. The Labute approximate surface area is 205 Å². The Bertz CT molecular complexity index is 1020. The third-order valence-electron chi connectivity index (χ3n) is 5.89. The third-order valence-corrected chi connectivity index (χ3v) is 5.89. The van der Waals surface area contributed by atoms with Crippen LogP contribution in [-0.4, -0.2) is 59.5 Å². The highest BCUT2D eigenvalue weighted by atomic mass is 16.2. The van der Waals surface area contributed by atoms with Gasteiger partial charge in [-0.2, -0.15) is 0 Å². The molecule has 1 aliphatic heterocycles. The number of nitrogens with zero attached hydrogens (tertiary/aromatic N) is 2. The highest BCUT2D eigenvalue weighted by Gasteiger charge is 2.26. The summed E-state index contributed by atoms with van der Waals surface area (Å²) in [5, 5.41) is 14.3. The van der Waals surface area contributed by atoms with Crippen LogP contribution in [0.5, 0.6) is 0 Å². The number of carbonyl (C=O) groups excluding carboxylic acids is 3. The molecular formula is C25H33N7O3. The van der Waals surface area contributed by atoms with Gasteiger partial charge in [0.2, 0.25) is 5.91 Å². The molecule has 35 heavy (non-hydrogen) atoms. The molecule has 0 saturated carbocycles. The molecule has 1 saturated heterocycles. The molecule has 0 aromatic carbocycles. The molecule has 0 bridgehead atoms. The van der Waals surface area contributed by atoms with Gasteiger partial charge in [-0.15, -0.1) is 6.42 Å². The molecule has 2 heterocycles. The van der Waals surface area contributed by atoms with Crippen molar-refractivity contribution < 1.29 is 14.4 Å². The summed E-state index contributed by atoms with van der Waals surface area (Å²) in [6, 6.07) is -0.712. The van der Waals surface area contributed by atoms with Crippen molar-refractivity contribution in [3.05, 3.63) is 41.4 Å². The van der Waals surface area contributed by atoms with Crippen molar-refractivity contribution in [3.8, 4) is 12.3 Å². The fourth-order valence-electron chi connectivity index (χ4n) is 4.16. The normalized spacial score (nSPS) is 19.4. The van der Waals surface area contributed by atoms with Crippen molar-refractivity contribution in [2.45, 2.75) is 57.5 Å². The predicted octanol–water partition coefficient (Wildman–Crippen LogP) is 1.64. The Morgan fingerprint density at radius 2 is 1.94 bits per heavy atom. The minimum Gasteiger partial charge on any atom is -0.355 e. The molecule has 0 radical (unpaired) electrons. The monoisotopic (exact) mass is 479 g/mol. The van der Waals surface area contributed by atoms with Gasteiger partial charge in [-0.05, 0) is 51.1 Å². The van der Waals surface area contributed by atoms with Crippen LogP contribution < -0.4 is 26.6 Å². The van der Waals surface area contributed by atoms with Crippen molar-refractivity contribution in [1.82, 2.24) is 31.2 Å². The standard InChI is InChI=1S/C25H33N7O3/c1-3-8-18-16-19(15-17(18)4-2)31-24(34)21-22(28-14-13-27-21)32-25(35)30-11-6-5-10-29-23(33)20-9-7-12-26-20/h2-3,8,13-14,19-20,26H,5-7,9-12,15-16H2,1H3,(H,29,33)(H,31,34)(H2,28,30,32,35)/b8-3-/t19?,20-/m0/s1. The molecule has 1 aromatic rings. The van der Waals surface area contributed by atoms with Gasteiger partial charge in [0.15, 0.2) is 11.5 Å². The van der Waals surface area contributed by atoms with E-state index in [0.29, 0.717) is 32.4 Å². The Balaban J connectivity index is 1.40. The second-order valence-electron chi connectivity index (χ2n) is 8.51. The zero-order valence-corrected chi connectivity index (χ0v) is 20.0. The van der Waals surface area contributed by atoms with E-state index in [1.807, 2.05) is 19.1 Å². The third kappa shape index (κ3) is 7.65. The maximum absolute atomic E-state index is 12.8. The second-order valence-corrected chi connectivity index (χ2v) is 8.51. The maximum atomic E-state index is 12.8. The number of unbranched alkanes of at least 4 members (excludes halogenated alkanes) is 1. The van der Waals surface area contributed by atoms with Crippen LogP contribution in [0.2, 0.25) is 0 Å². The molecule has 2 aliphatic rings. The zero-order valence-electron chi connectivity index (χ0n) is 20.0. The molecule has 1 aliphatic carbocycles. The first kappa shape index (κ1) is 25.9. The molecule has 5 N–H and O–H groups in total. The first-order valence-corrected chi connectivity index (χ1v) is 12.0. The Hall–Kier alpha value is -3.71. The number of hydrogen-bond acceptors (Lipinski definition) is 6. The van der Waals surface area contributed by atoms with E-state index in [1.54, 1.807) is 0 Å².